The number of hydrogen-bond acceptors (Lipinski definition) is 4. The maximum Gasteiger partial charge on any atom is 0.433 e. The van der Waals surface area contributed by atoms with E-state index in [9.17, 15) is 10.1 Å². The number of furan rings is 1. The summed E-state index contributed by atoms with van der Waals surface area (Å²) in [5.74, 6) is 1.18. The van der Waals surface area contributed by atoms with Crippen LogP contribution >= 0.6 is 0 Å². The van der Waals surface area contributed by atoms with E-state index in [0.29, 0.717) is 18.3 Å². The minimum Gasteiger partial charge on any atom is -0.404 e. The molecule has 0 aliphatic heterocycles. The quantitative estimate of drug-likeness (QED) is 0.632. The highest BCUT2D eigenvalue weighted by atomic mass is 16.6. The minimum absolute atomic E-state index is 0.185. The summed E-state index contributed by atoms with van der Waals surface area (Å²) in [5, 5.41) is 13.8. The van der Waals surface area contributed by atoms with Crippen molar-refractivity contribution in [2.45, 2.75) is 45.2 Å². The lowest BCUT2D eigenvalue weighted by atomic mass is 10.00. The Bertz CT molecular complexity index is 383. The van der Waals surface area contributed by atoms with E-state index < -0.39 is 4.92 Å². The summed E-state index contributed by atoms with van der Waals surface area (Å²) in [7, 11) is 0. The summed E-state index contributed by atoms with van der Waals surface area (Å²) >= 11 is 0. The molecule has 1 atom stereocenters. The van der Waals surface area contributed by atoms with Crippen LogP contribution in [0.3, 0.4) is 0 Å². The van der Waals surface area contributed by atoms with E-state index in [0.717, 1.165) is 5.92 Å². The van der Waals surface area contributed by atoms with Crippen molar-refractivity contribution in [3.8, 4) is 0 Å². The van der Waals surface area contributed by atoms with Gasteiger partial charge in [-0.15, -0.1) is 0 Å². The van der Waals surface area contributed by atoms with Crippen LogP contribution in [0.2, 0.25) is 0 Å². The standard InChI is InChI=1S/C12H18N2O3/c1-9(10-4-2-3-5-10)13-8-11-6-7-12(17-11)14(15)16/h6-7,9-10,13H,2-5,8H2,1H3. The highest BCUT2D eigenvalue weighted by Gasteiger charge is 2.21. The summed E-state index contributed by atoms with van der Waals surface area (Å²) < 4.78 is 5.10. The molecule has 1 N–H and O–H groups in total. The van der Waals surface area contributed by atoms with Gasteiger partial charge in [-0.2, -0.15) is 0 Å². The zero-order chi connectivity index (χ0) is 12.3. The number of nitrogens with one attached hydrogen (secondary N) is 1. The van der Waals surface area contributed by atoms with E-state index in [2.05, 4.69) is 12.2 Å². The maximum atomic E-state index is 10.5. The van der Waals surface area contributed by atoms with Gasteiger partial charge in [0, 0.05) is 6.04 Å². The first-order valence-electron chi connectivity index (χ1n) is 6.13. The molecule has 0 amide bonds. The predicted molar refractivity (Wildman–Crippen MR) is 63.6 cm³/mol. The molecule has 1 aromatic heterocycles. The van der Waals surface area contributed by atoms with Crippen molar-refractivity contribution in [3.05, 3.63) is 28.0 Å². The van der Waals surface area contributed by atoms with E-state index >= 15 is 0 Å². The molecule has 0 saturated heterocycles. The van der Waals surface area contributed by atoms with Gasteiger partial charge in [0.25, 0.3) is 0 Å². The Kier molecular flexibility index (Phi) is 3.78. The summed E-state index contributed by atoms with van der Waals surface area (Å²) in [5.41, 5.74) is 0. The van der Waals surface area contributed by atoms with Gasteiger partial charge in [0.1, 0.15) is 10.7 Å². The third kappa shape index (κ3) is 3.06. The molecule has 1 saturated carbocycles. The summed E-state index contributed by atoms with van der Waals surface area (Å²) in [6.45, 7) is 2.73. The molecule has 1 fully saturated rings. The van der Waals surface area contributed by atoms with E-state index in [1.54, 1.807) is 6.07 Å². The minimum atomic E-state index is -0.510. The van der Waals surface area contributed by atoms with E-state index in [4.69, 9.17) is 4.42 Å². The fraction of sp³-hybridized carbons (Fsp3) is 0.667. The van der Waals surface area contributed by atoms with Gasteiger partial charge in [0.05, 0.1) is 12.6 Å². The molecule has 1 unspecified atom stereocenters. The van der Waals surface area contributed by atoms with Gasteiger partial charge in [-0.05, 0) is 31.7 Å². The van der Waals surface area contributed by atoms with E-state index in [1.165, 1.54) is 31.7 Å². The molecule has 1 aliphatic carbocycles. The second-order valence-electron chi connectivity index (χ2n) is 4.71. The lowest BCUT2D eigenvalue weighted by Gasteiger charge is -2.19. The van der Waals surface area contributed by atoms with Gasteiger partial charge in [-0.3, -0.25) is 10.1 Å². The van der Waals surface area contributed by atoms with Crippen LogP contribution in [0.5, 0.6) is 0 Å². The normalized spacial score (nSPS) is 18.4. The summed E-state index contributed by atoms with van der Waals surface area (Å²) in [6, 6.07) is 3.51. The lowest BCUT2D eigenvalue weighted by molar-refractivity contribution is -0.402. The van der Waals surface area contributed by atoms with E-state index in [-0.39, 0.29) is 5.88 Å². The van der Waals surface area contributed by atoms with Crippen LogP contribution in [0.4, 0.5) is 5.88 Å². The van der Waals surface area contributed by atoms with Crippen molar-refractivity contribution < 1.29 is 9.34 Å². The summed E-state index contributed by atoms with van der Waals surface area (Å²) in [6.07, 6.45) is 5.21. The summed E-state index contributed by atoms with van der Waals surface area (Å²) in [4.78, 5) is 9.94. The molecular formula is C12H18N2O3. The van der Waals surface area contributed by atoms with Crippen LogP contribution < -0.4 is 5.32 Å². The van der Waals surface area contributed by atoms with Crippen molar-refractivity contribution >= 4 is 5.88 Å². The molecule has 94 valence electrons. The van der Waals surface area contributed by atoms with E-state index in [1.807, 2.05) is 0 Å². The fourth-order valence-electron chi connectivity index (χ4n) is 2.45. The maximum absolute atomic E-state index is 10.5. The predicted octanol–water partition coefficient (Wildman–Crippen LogP) is 2.86. The zero-order valence-electron chi connectivity index (χ0n) is 10.0. The first kappa shape index (κ1) is 12.1. The van der Waals surface area contributed by atoms with Gasteiger partial charge in [-0.25, -0.2) is 0 Å². The molecule has 1 aromatic rings. The van der Waals surface area contributed by atoms with Crippen LogP contribution in [-0.4, -0.2) is 11.0 Å². The highest BCUT2D eigenvalue weighted by Crippen LogP contribution is 2.27. The monoisotopic (exact) mass is 238 g/mol. The molecule has 2 rings (SSSR count). The molecule has 0 radical (unpaired) electrons. The molecule has 0 bridgehead atoms. The number of nitro groups is 1. The van der Waals surface area contributed by atoms with Crippen LogP contribution in [0.25, 0.3) is 0 Å². The zero-order valence-corrected chi connectivity index (χ0v) is 10.0. The lowest BCUT2D eigenvalue weighted by Crippen LogP contribution is -2.31. The molecule has 1 heterocycles. The largest absolute Gasteiger partial charge is 0.433 e. The topological polar surface area (TPSA) is 68.3 Å². The molecule has 5 heteroatoms. The molecule has 0 spiro atoms. The van der Waals surface area contributed by atoms with Crippen LogP contribution in [-0.2, 0) is 6.54 Å². The fourth-order valence-corrected chi connectivity index (χ4v) is 2.45. The Morgan fingerprint density at radius 3 is 2.82 bits per heavy atom. The average Bonchev–Trinajstić information content (AvgIpc) is 2.97. The first-order valence-corrected chi connectivity index (χ1v) is 6.13. The Hall–Kier alpha value is -1.36. The molecule has 17 heavy (non-hydrogen) atoms. The van der Waals surface area contributed by atoms with Crippen molar-refractivity contribution in [2.75, 3.05) is 0 Å². The van der Waals surface area contributed by atoms with Gasteiger partial charge in [-0.1, -0.05) is 12.8 Å². The molecule has 0 aromatic carbocycles. The third-order valence-corrected chi connectivity index (χ3v) is 3.53. The molecule has 1 aliphatic rings. The Morgan fingerprint density at radius 2 is 2.24 bits per heavy atom. The second-order valence-corrected chi connectivity index (χ2v) is 4.71. The van der Waals surface area contributed by atoms with Gasteiger partial charge < -0.3 is 9.73 Å². The first-order chi connectivity index (χ1) is 8.16. The number of hydrogen-bond donors (Lipinski definition) is 1. The van der Waals surface area contributed by atoms with Crippen molar-refractivity contribution in [1.82, 2.24) is 5.32 Å². The average molecular weight is 238 g/mol. The van der Waals surface area contributed by atoms with Crippen LogP contribution in [0.1, 0.15) is 38.4 Å². The smallest absolute Gasteiger partial charge is 0.404 e. The second kappa shape index (κ2) is 5.31. The highest BCUT2D eigenvalue weighted by molar-refractivity contribution is 5.17. The van der Waals surface area contributed by atoms with Crippen molar-refractivity contribution in [3.63, 3.8) is 0 Å². The van der Waals surface area contributed by atoms with Gasteiger partial charge in [0.2, 0.25) is 0 Å². The van der Waals surface area contributed by atoms with Crippen LogP contribution in [0, 0.1) is 16.0 Å². The molecular weight excluding hydrogens is 220 g/mol. The Morgan fingerprint density at radius 1 is 1.53 bits per heavy atom. The van der Waals surface area contributed by atoms with Gasteiger partial charge >= 0.3 is 5.88 Å². The molecule has 5 nitrogen and oxygen atoms in total. The van der Waals surface area contributed by atoms with Crippen molar-refractivity contribution in [1.29, 1.82) is 0 Å². The van der Waals surface area contributed by atoms with Gasteiger partial charge in [0.15, 0.2) is 0 Å². The third-order valence-electron chi connectivity index (χ3n) is 3.53. The van der Waals surface area contributed by atoms with Crippen molar-refractivity contribution in [2.24, 2.45) is 5.92 Å². The Balaban J connectivity index is 1.82. The Labute approximate surface area is 100 Å². The number of rotatable bonds is 5. The van der Waals surface area contributed by atoms with Crippen LogP contribution in [0.15, 0.2) is 16.5 Å². The SMILES string of the molecule is CC(NCc1ccc([N+](=O)[O-])o1)C1CCCC1. The number of nitrogens with zero attached hydrogens (tertiary/aromatic N) is 1.